The van der Waals surface area contributed by atoms with Crippen LogP contribution in [0, 0.1) is 0 Å². The average molecular weight is 172 g/mol. The third kappa shape index (κ3) is 2.40. The topological polar surface area (TPSA) is 39.8 Å². The molecule has 0 aromatic heterocycles. The molecule has 2 nitrogen and oxygen atoms in total. The molecule has 0 aliphatic heterocycles. The van der Waals surface area contributed by atoms with Crippen LogP contribution in [0.15, 0.2) is 24.3 Å². The summed E-state index contributed by atoms with van der Waals surface area (Å²) in [5.74, 6) is -0.241. The molecule has 0 bridgehead atoms. The van der Waals surface area contributed by atoms with Crippen LogP contribution in [0.4, 0.5) is 0 Å². The number of hydrogen-bond donors (Lipinski definition) is 0. The van der Waals surface area contributed by atoms with Gasteiger partial charge in [0.05, 0.1) is 0 Å². The monoisotopic (exact) mass is 171 g/mol. The van der Waals surface area contributed by atoms with Gasteiger partial charge in [0.2, 0.25) is 0 Å². The van der Waals surface area contributed by atoms with Gasteiger partial charge in [-0.2, -0.15) is 0 Å². The smallest absolute Gasteiger partial charge is 0.178 e. The van der Waals surface area contributed by atoms with Gasteiger partial charge in [0.1, 0.15) is 0 Å². The number of rotatable bonds is 0. The van der Waals surface area contributed by atoms with E-state index >= 15 is 0 Å². The van der Waals surface area contributed by atoms with Crippen molar-refractivity contribution in [3.05, 3.63) is 24.3 Å². The van der Waals surface area contributed by atoms with E-state index in [0.29, 0.717) is 0 Å². The minimum absolute atomic E-state index is 0. The van der Waals surface area contributed by atoms with E-state index in [2.05, 4.69) is 0 Å². The van der Waals surface area contributed by atoms with Crippen LogP contribution >= 0.6 is 0 Å². The first-order chi connectivity index (χ1) is 3.79. The Morgan fingerprint density at radius 2 is 1.00 bits per heavy atom. The molecule has 1 aromatic rings. The second-order valence-corrected chi connectivity index (χ2v) is 1.47. The van der Waals surface area contributed by atoms with E-state index in [1.165, 1.54) is 24.3 Å². The molecular weight excluding hydrogens is 168 g/mol. The minimum atomic E-state index is -0.121. The Balaban J connectivity index is 0.000000640. The standard InChI is InChI=1S/C6H4O2.Cu/c7-5-1-2-6(8)4-3-5;/h1-4H;. The quantitative estimate of drug-likeness (QED) is 0.536. The van der Waals surface area contributed by atoms with E-state index in [4.69, 9.17) is 0 Å². The van der Waals surface area contributed by atoms with Crippen molar-refractivity contribution in [1.29, 1.82) is 0 Å². The van der Waals surface area contributed by atoms with Crippen LogP contribution in [0.25, 0.3) is 0 Å². The van der Waals surface area contributed by atoms with Gasteiger partial charge >= 0.3 is 0 Å². The first kappa shape index (κ1) is 8.34. The average Bonchev–Trinajstić information content (AvgIpc) is 1.77. The molecule has 9 heavy (non-hydrogen) atoms. The molecule has 3 heteroatoms. The Hall–Kier alpha value is -0.661. The van der Waals surface area contributed by atoms with Crippen LogP contribution < -0.4 is 0 Å². The van der Waals surface area contributed by atoms with Gasteiger partial charge in [-0.3, -0.25) is 10.2 Å². The van der Waals surface area contributed by atoms with Crippen LogP contribution in [-0.4, -0.2) is 0 Å². The fourth-order valence-corrected chi connectivity index (χ4v) is 0.440. The second-order valence-electron chi connectivity index (χ2n) is 1.47. The van der Waals surface area contributed by atoms with E-state index in [9.17, 15) is 10.2 Å². The van der Waals surface area contributed by atoms with E-state index in [-0.39, 0.29) is 28.6 Å². The van der Waals surface area contributed by atoms with Crippen LogP contribution in [0.2, 0.25) is 0 Å². The first-order valence-electron chi connectivity index (χ1n) is 2.23. The van der Waals surface area contributed by atoms with Gasteiger partial charge in [0, 0.05) is 17.1 Å². The van der Waals surface area contributed by atoms with Crippen molar-refractivity contribution in [3.63, 3.8) is 0 Å². The third-order valence-corrected chi connectivity index (χ3v) is 0.824. The van der Waals surface area contributed by atoms with Crippen LogP contribution in [-0.2, 0) is 27.3 Å². The molecule has 51 valence electrons. The molecule has 0 amide bonds. The summed E-state index contributed by atoms with van der Waals surface area (Å²) in [5, 5.41) is 20.6. The Kier molecular flexibility index (Phi) is 3.13. The second kappa shape index (κ2) is 3.38. The third-order valence-electron chi connectivity index (χ3n) is 0.824. The maximum Gasteiger partial charge on any atom is 0.178 e. The van der Waals surface area contributed by atoms with Gasteiger partial charge in [-0.15, -0.1) is 0 Å². The van der Waals surface area contributed by atoms with Crippen molar-refractivity contribution >= 4 is 0 Å². The maximum absolute atomic E-state index is 10.3. The van der Waals surface area contributed by atoms with Gasteiger partial charge < -0.3 is 0 Å². The molecule has 0 fully saturated rings. The van der Waals surface area contributed by atoms with E-state index in [1.54, 1.807) is 0 Å². The SMILES string of the molecule is [Cu].[O]c1ccc([O])cc1. The van der Waals surface area contributed by atoms with Crippen LogP contribution in [0.3, 0.4) is 0 Å². The van der Waals surface area contributed by atoms with Crippen LogP contribution in [0.5, 0.6) is 11.5 Å². The summed E-state index contributed by atoms with van der Waals surface area (Å²) in [6.07, 6.45) is 0. The van der Waals surface area contributed by atoms with E-state index in [1.807, 2.05) is 0 Å². The summed E-state index contributed by atoms with van der Waals surface area (Å²) in [7, 11) is 0. The predicted molar refractivity (Wildman–Crippen MR) is 26.7 cm³/mol. The molecule has 0 aliphatic carbocycles. The van der Waals surface area contributed by atoms with Crippen molar-refractivity contribution in [1.82, 2.24) is 0 Å². The molecule has 0 saturated carbocycles. The van der Waals surface area contributed by atoms with Gasteiger partial charge in [-0.25, -0.2) is 0 Å². The summed E-state index contributed by atoms with van der Waals surface area (Å²) in [6.45, 7) is 0. The summed E-state index contributed by atoms with van der Waals surface area (Å²) in [6, 6.07) is 5.01. The fourth-order valence-electron chi connectivity index (χ4n) is 0.440. The van der Waals surface area contributed by atoms with Crippen molar-refractivity contribution in [3.8, 4) is 11.5 Å². The van der Waals surface area contributed by atoms with E-state index < -0.39 is 0 Å². The van der Waals surface area contributed by atoms with E-state index in [0.717, 1.165) is 0 Å². The molecule has 0 unspecified atom stereocenters. The van der Waals surface area contributed by atoms with Crippen LogP contribution in [0.1, 0.15) is 0 Å². The molecule has 0 N–H and O–H groups in total. The molecule has 0 aliphatic rings. The number of hydrogen-bond acceptors (Lipinski definition) is 0. The molecular formula is C6H4CuO2. The zero-order valence-corrected chi connectivity index (χ0v) is 5.37. The molecule has 0 saturated heterocycles. The van der Waals surface area contributed by atoms with Gasteiger partial charge in [0.15, 0.2) is 11.5 Å². The molecule has 1 aromatic carbocycles. The molecule has 0 spiro atoms. The first-order valence-corrected chi connectivity index (χ1v) is 2.23. The number of benzene rings is 1. The van der Waals surface area contributed by atoms with Crippen molar-refractivity contribution in [2.75, 3.05) is 0 Å². The van der Waals surface area contributed by atoms with Crippen molar-refractivity contribution in [2.45, 2.75) is 0 Å². The Labute approximate surface area is 63.6 Å². The predicted octanol–water partition coefficient (Wildman–Crippen LogP) is 1.97. The molecule has 3 radical (unpaired) electrons. The Morgan fingerprint density at radius 1 is 0.778 bits per heavy atom. The zero-order valence-electron chi connectivity index (χ0n) is 4.43. The fraction of sp³-hybridized carbons (Fsp3) is 0. The summed E-state index contributed by atoms with van der Waals surface area (Å²) >= 11 is 0. The Bertz CT molecular complexity index is 150. The minimum Gasteiger partial charge on any atom is -0.290 e. The van der Waals surface area contributed by atoms with Crippen molar-refractivity contribution < 1.29 is 27.3 Å². The van der Waals surface area contributed by atoms with Gasteiger partial charge in [0.25, 0.3) is 0 Å². The maximum atomic E-state index is 10.3. The molecule has 1 rings (SSSR count). The summed E-state index contributed by atoms with van der Waals surface area (Å²) in [5.41, 5.74) is 0. The van der Waals surface area contributed by atoms with Gasteiger partial charge in [-0.1, -0.05) is 0 Å². The molecule has 0 heterocycles. The van der Waals surface area contributed by atoms with Crippen molar-refractivity contribution in [2.24, 2.45) is 0 Å². The normalized spacial score (nSPS) is 8.00. The summed E-state index contributed by atoms with van der Waals surface area (Å²) in [4.78, 5) is 0. The zero-order chi connectivity index (χ0) is 5.98. The molecule has 0 atom stereocenters. The van der Waals surface area contributed by atoms with Gasteiger partial charge in [-0.05, 0) is 24.3 Å². The summed E-state index contributed by atoms with van der Waals surface area (Å²) < 4.78 is 0. The Morgan fingerprint density at radius 3 is 1.22 bits per heavy atom. The largest absolute Gasteiger partial charge is 0.290 e.